The molecule has 2 nitrogen and oxygen atoms in total. The molecule has 0 bridgehead atoms. The van der Waals surface area contributed by atoms with Crippen LogP contribution in [0.15, 0.2) is 109 Å². The van der Waals surface area contributed by atoms with Crippen LogP contribution in [0.4, 0.5) is 0 Å². The van der Waals surface area contributed by atoms with Crippen LogP contribution in [0.2, 0.25) is 0 Å². The van der Waals surface area contributed by atoms with Gasteiger partial charge in [-0.25, -0.2) is 4.98 Å². The molecule has 164 valence electrons. The fraction of sp³-hybridized carbons (Fsp3) is 0.0606. The molecule has 1 N–H and O–H groups in total. The highest BCUT2D eigenvalue weighted by molar-refractivity contribution is 5.96. The summed E-state index contributed by atoms with van der Waals surface area (Å²) in [6.07, 6.45) is 0. The van der Waals surface area contributed by atoms with Gasteiger partial charge in [-0.2, -0.15) is 0 Å². The number of rotatable bonds is 1. The van der Waals surface area contributed by atoms with Crippen LogP contribution < -0.4 is 0 Å². The molecule has 2 aliphatic carbocycles. The Kier molecular flexibility index (Phi) is 3.56. The van der Waals surface area contributed by atoms with E-state index in [1.165, 1.54) is 50.1 Å². The fourth-order valence-electron chi connectivity index (χ4n) is 6.49. The second-order valence-electron chi connectivity index (χ2n) is 9.75. The highest BCUT2D eigenvalue weighted by atomic mass is 14.9. The molecule has 0 radical (unpaired) electrons. The number of para-hydroxylation sites is 2. The number of hydrogen-bond donors (Lipinski definition) is 1. The molecule has 0 saturated carbocycles. The molecule has 1 heterocycles. The van der Waals surface area contributed by atoms with E-state index in [1.807, 2.05) is 12.1 Å². The van der Waals surface area contributed by atoms with E-state index in [2.05, 4.69) is 109 Å². The smallest absolute Gasteiger partial charge is 0.138 e. The van der Waals surface area contributed by atoms with Gasteiger partial charge in [0.05, 0.1) is 16.4 Å². The average molecular weight is 447 g/mol. The minimum atomic E-state index is -0.327. The summed E-state index contributed by atoms with van der Waals surface area (Å²) in [7, 11) is 0. The third-order valence-electron chi connectivity index (χ3n) is 7.91. The van der Waals surface area contributed by atoms with Crippen molar-refractivity contribution in [3.05, 3.63) is 137 Å². The Labute approximate surface area is 203 Å². The second-order valence-corrected chi connectivity index (χ2v) is 9.75. The number of aromatic amines is 1. The van der Waals surface area contributed by atoms with Gasteiger partial charge in [0.25, 0.3) is 0 Å². The predicted molar refractivity (Wildman–Crippen MR) is 143 cm³/mol. The summed E-state index contributed by atoms with van der Waals surface area (Å²) in [5.74, 6) is 0.913. The summed E-state index contributed by atoms with van der Waals surface area (Å²) in [5.41, 5.74) is 14.9. The van der Waals surface area contributed by atoms with Crippen LogP contribution in [0.5, 0.6) is 0 Å². The van der Waals surface area contributed by atoms with E-state index in [4.69, 9.17) is 4.98 Å². The van der Waals surface area contributed by atoms with Gasteiger partial charge in [0.2, 0.25) is 0 Å². The van der Waals surface area contributed by atoms with Crippen molar-refractivity contribution in [3.8, 4) is 33.6 Å². The molecule has 0 unspecified atom stereocenters. The van der Waals surface area contributed by atoms with Crippen LogP contribution in [-0.2, 0) is 5.41 Å². The van der Waals surface area contributed by atoms with E-state index in [0.717, 1.165) is 22.4 Å². The lowest BCUT2D eigenvalue weighted by Crippen LogP contribution is -2.26. The molecule has 6 aromatic rings. The first-order chi connectivity index (χ1) is 17.2. The maximum absolute atomic E-state index is 4.92. The summed E-state index contributed by atoms with van der Waals surface area (Å²) in [4.78, 5) is 8.46. The van der Waals surface area contributed by atoms with Crippen molar-refractivity contribution in [2.24, 2.45) is 0 Å². The van der Waals surface area contributed by atoms with Gasteiger partial charge in [0.1, 0.15) is 5.82 Å². The maximum atomic E-state index is 4.92. The Balaban J connectivity index is 1.49. The third-order valence-corrected chi connectivity index (χ3v) is 7.91. The number of benzene rings is 5. The zero-order chi connectivity index (χ0) is 23.1. The van der Waals surface area contributed by atoms with Crippen LogP contribution in [0.25, 0.3) is 44.7 Å². The van der Waals surface area contributed by atoms with Gasteiger partial charge in [0, 0.05) is 5.56 Å². The van der Waals surface area contributed by atoms with Crippen molar-refractivity contribution in [1.29, 1.82) is 0 Å². The lowest BCUT2D eigenvalue weighted by molar-refractivity contribution is 0.793. The van der Waals surface area contributed by atoms with Crippen LogP contribution in [0, 0.1) is 6.92 Å². The Morgan fingerprint density at radius 3 is 1.91 bits per heavy atom. The Morgan fingerprint density at radius 1 is 0.571 bits per heavy atom. The van der Waals surface area contributed by atoms with E-state index < -0.39 is 0 Å². The number of nitrogens with one attached hydrogen (secondary N) is 1. The minimum Gasteiger partial charge on any atom is -0.338 e. The van der Waals surface area contributed by atoms with Gasteiger partial charge in [-0.1, -0.05) is 96.6 Å². The standard InChI is InChI=1S/C33H22N2/c1-20-14-16-24-25-17-15-21(32-34-30-12-6-7-13-31(30)35-32)19-29(25)33(28(24)18-20)26-10-4-2-8-22(26)23-9-3-5-11-27(23)33/h2-19H,1H3,(H,34,35). The summed E-state index contributed by atoms with van der Waals surface area (Å²) >= 11 is 0. The maximum Gasteiger partial charge on any atom is 0.138 e. The molecular weight excluding hydrogens is 424 g/mol. The summed E-state index contributed by atoms with van der Waals surface area (Å²) in [5, 5.41) is 0. The van der Waals surface area contributed by atoms with E-state index in [9.17, 15) is 0 Å². The zero-order valence-electron chi connectivity index (χ0n) is 19.3. The molecule has 0 aliphatic heterocycles. The average Bonchev–Trinajstić information content (AvgIpc) is 3.55. The normalized spacial score (nSPS) is 14.1. The molecule has 0 amide bonds. The molecule has 5 aromatic carbocycles. The van der Waals surface area contributed by atoms with E-state index in [-0.39, 0.29) is 5.41 Å². The molecular formula is C33H22N2. The Hall–Kier alpha value is -4.43. The van der Waals surface area contributed by atoms with Crippen molar-refractivity contribution >= 4 is 11.0 Å². The number of imidazole rings is 1. The number of fused-ring (bicyclic) bond motifs is 11. The number of H-pyrrole nitrogens is 1. The molecule has 1 aromatic heterocycles. The van der Waals surface area contributed by atoms with Gasteiger partial charge in [-0.3, -0.25) is 0 Å². The van der Waals surface area contributed by atoms with Crippen molar-refractivity contribution in [2.45, 2.75) is 12.3 Å². The number of aryl methyl sites for hydroxylation is 1. The third kappa shape index (κ3) is 2.31. The van der Waals surface area contributed by atoms with Crippen LogP contribution in [0.3, 0.4) is 0 Å². The molecule has 2 heteroatoms. The predicted octanol–water partition coefficient (Wildman–Crippen LogP) is 7.88. The van der Waals surface area contributed by atoms with E-state index in [1.54, 1.807) is 0 Å². The molecule has 1 spiro atoms. The van der Waals surface area contributed by atoms with Crippen molar-refractivity contribution < 1.29 is 0 Å². The summed E-state index contributed by atoms with van der Waals surface area (Å²) < 4.78 is 0. The van der Waals surface area contributed by atoms with E-state index >= 15 is 0 Å². The van der Waals surface area contributed by atoms with Crippen LogP contribution >= 0.6 is 0 Å². The first kappa shape index (κ1) is 18.9. The molecule has 8 rings (SSSR count). The number of nitrogens with zero attached hydrogens (tertiary/aromatic N) is 1. The largest absolute Gasteiger partial charge is 0.338 e. The molecule has 0 atom stereocenters. The van der Waals surface area contributed by atoms with Gasteiger partial charge in [0.15, 0.2) is 0 Å². The van der Waals surface area contributed by atoms with Gasteiger partial charge < -0.3 is 4.98 Å². The van der Waals surface area contributed by atoms with Crippen LogP contribution in [0.1, 0.15) is 27.8 Å². The van der Waals surface area contributed by atoms with Crippen LogP contribution in [-0.4, -0.2) is 9.97 Å². The first-order valence-corrected chi connectivity index (χ1v) is 12.2. The van der Waals surface area contributed by atoms with Gasteiger partial charge in [-0.15, -0.1) is 0 Å². The quantitative estimate of drug-likeness (QED) is 0.273. The number of aromatic nitrogens is 2. The second kappa shape index (κ2) is 6.58. The SMILES string of the molecule is Cc1ccc2c(c1)C1(c3ccccc3-c3ccccc31)c1cc(-c3nc4ccccc4[nH]3)ccc1-2. The van der Waals surface area contributed by atoms with Gasteiger partial charge >= 0.3 is 0 Å². The molecule has 0 fully saturated rings. The first-order valence-electron chi connectivity index (χ1n) is 12.2. The Morgan fingerprint density at radius 2 is 1.17 bits per heavy atom. The lowest BCUT2D eigenvalue weighted by Gasteiger charge is -2.30. The number of hydrogen-bond acceptors (Lipinski definition) is 1. The topological polar surface area (TPSA) is 28.7 Å². The molecule has 35 heavy (non-hydrogen) atoms. The fourth-order valence-corrected chi connectivity index (χ4v) is 6.49. The zero-order valence-corrected chi connectivity index (χ0v) is 19.3. The van der Waals surface area contributed by atoms with Crippen molar-refractivity contribution in [1.82, 2.24) is 9.97 Å². The lowest BCUT2D eigenvalue weighted by atomic mass is 9.70. The monoisotopic (exact) mass is 446 g/mol. The van der Waals surface area contributed by atoms with E-state index in [0.29, 0.717) is 0 Å². The minimum absolute atomic E-state index is 0.327. The Bertz CT molecular complexity index is 1740. The van der Waals surface area contributed by atoms with Crippen molar-refractivity contribution in [2.75, 3.05) is 0 Å². The summed E-state index contributed by atoms with van der Waals surface area (Å²) in [6, 6.07) is 40.0. The highest BCUT2D eigenvalue weighted by Gasteiger charge is 2.51. The molecule has 2 aliphatic rings. The summed E-state index contributed by atoms with van der Waals surface area (Å²) in [6.45, 7) is 2.20. The van der Waals surface area contributed by atoms with Crippen molar-refractivity contribution in [3.63, 3.8) is 0 Å². The highest BCUT2D eigenvalue weighted by Crippen LogP contribution is 2.63. The van der Waals surface area contributed by atoms with Gasteiger partial charge in [-0.05, 0) is 69.6 Å². The molecule has 0 saturated heterocycles.